The standard InChI is InChI=1S/C21H20N6O2/c1-3-7-18-25-21(29-26-18)15-10-11-19(22-12-15)27-14(2)17(13-23-27)20(28)24-16-8-5-4-6-9-16/h4-6,8-13H,3,7H2,1-2H3,(H,24,28). The van der Waals surface area contributed by atoms with E-state index >= 15 is 0 Å². The Morgan fingerprint density at radius 3 is 2.69 bits per heavy atom. The lowest BCUT2D eigenvalue weighted by atomic mass is 10.2. The van der Waals surface area contributed by atoms with E-state index < -0.39 is 0 Å². The van der Waals surface area contributed by atoms with Crippen LogP contribution < -0.4 is 5.32 Å². The highest BCUT2D eigenvalue weighted by Crippen LogP contribution is 2.19. The van der Waals surface area contributed by atoms with E-state index in [2.05, 4.69) is 32.5 Å². The van der Waals surface area contributed by atoms with E-state index in [0.717, 1.165) is 24.1 Å². The molecular weight excluding hydrogens is 368 g/mol. The van der Waals surface area contributed by atoms with E-state index in [4.69, 9.17) is 4.52 Å². The minimum atomic E-state index is -0.217. The Balaban J connectivity index is 1.53. The van der Waals surface area contributed by atoms with Crippen LogP contribution in [0.15, 0.2) is 59.4 Å². The van der Waals surface area contributed by atoms with Gasteiger partial charge in [-0.3, -0.25) is 4.79 Å². The predicted octanol–water partition coefficient (Wildman–Crippen LogP) is 3.83. The number of nitrogens with zero attached hydrogens (tertiary/aromatic N) is 5. The van der Waals surface area contributed by atoms with Crippen LogP contribution in [-0.4, -0.2) is 30.8 Å². The van der Waals surface area contributed by atoms with Gasteiger partial charge in [0.25, 0.3) is 11.8 Å². The number of rotatable bonds is 6. The molecule has 8 nitrogen and oxygen atoms in total. The number of para-hydroxylation sites is 1. The lowest BCUT2D eigenvalue weighted by Gasteiger charge is -2.06. The molecule has 4 rings (SSSR count). The summed E-state index contributed by atoms with van der Waals surface area (Å²) in [4.78, 5) is 21.4. The van der Waals surface area contributed by atoms with E-state index in [9.17, 15) is 4.79 Å². The maximum absolute atomic E-state index is 12.6. The van der Waals surface area contributed by atoms with Crippen molar-refractivity contribution < 1.29 is 9.32 Å². The molecule has 0 aliphatic heterocycles. The van der Waals surface area contributed by atoms with E-state index in [1.807, 2.05) is 43.3 Å². The number of benzene rings is 1. The third-order valence-corrected chi connectivity index (χ3v) is 4.44. The van der Waals surface area contributed by atoms with Crippen LogP contribution in [0, 0.1) is 6.92 Å². The third-order valence-electron chi connectivity index (χ3n) is 4.44. The van der Waals surface area contributed by atoms with Crippen LogP contribution in [0.2, 0.25) is 0 Å². The molecule has 3 heterocycles. The van der Waals surface area contributed by atoms with E-state index in [1.165, 1.54) is 6.20 Å². The van der Waals surface area contributed by atoms with Crippen LogP contribution in [0.25, 0.3) is 17.3 Å². The SMILES string of the molecule is CCCc1noc(-c2ccc(-n3ncc(C(=O)Nc4ccccc4)c3C)nc2)n1. The largest absolute Gasteiger partial charge is 0.334 e. The number of carbonyl (C=O) groups is 1. The molecule has 0 saturated carbocycles. The third kappa shape index (κ3) is 3.91. The van der Waals surface area contributed by atoms with Crippen molar-refractivity contribution in [3.8, 4) is 17.3 Å². The summed E-state index contributed by atoms with van der Waals surface area (Å²) in [6.07, 6.45) is 4.92. The molecule has 1 aromatic carbocycles. The molecule has 29 heavy (non-hydrogen) atoms. The van der Waals surface area contributed by atoms with Crippen LogP contribution in [0.1, 0.15) is 35.2 Å². The van der Waals surface area contributed by atoms with Crippen LogP contribution in [0.4, 0.5) is 5.69 Å². The average Bonchev–Trinajstić information content (AvgIpc) is 3.36. The maximum atomic E-state index is 12.6. The molecule has 0 radical (unpaired) electrons. The van der Waals surface area contributed by atoms with Crippen molar-refractivity contribution in [1.82, 2.24) is 24.9 Å². The Morgan fingerprint density at radius 1 is 1.14 bits per heavy atom. The van der Waals surface area contributed by atoms with Crippen LogP contribution >= 0.6 is 0 Å². The number of pyridine rings is 1. The number of anilines is 1. The van der Waals surface area contributed by atoms with Gasteiger partial charge in [-0.15, -0.1) is 0 Å². The fourth-order valence-corrected chi connectivity index (χ4v) is 2.92. The highest BCUT2D eigenvalue weighted by Gasteiger charge is 2.16. The molecule has 0 unspecified atom stereocenters. The molecule has 146 valence electrons. The number of nitrogens with one attached hydrogen (secondary N) is 1. The summed E-state index contributed by atoms with van der Waals surface area (Å²) in [5, 5.41) is 11.1. The molecule has 0 atom stereocenters. The van der Waals surface area contributed by atoms with Crippen molar-refractivity contribution in [3.05, 3.63) is 71.9 Å². The van der Waals surface area contributed by atoms with Gasteiger partial charge in [-0.05, 0) is 37.6 Å². The summed E-state index contributed by atoms with van der Waals surface area (Å²) < 4.78 is 6.91. The van der Waals surface area contributed by atoms with Gasteiger partial charge >= 0.3 is 0 Å². The quantitative estimate of drug-likeness (QED) is 0.539. The first-order valence-corrected chi connectivity index (χ1v) is 9.36. The molecule has 0 aliphatic carbocycles. The Hall–Kier alpha value is -3.81. The van der Waals surface area contributed by atoms with Crippen molar-refractivity contribution in [1.29, 1.82) is 0 Å². The van der Waals surface area contributed by atoms with Crippen LogP contribution in [0.3, 0.4) is 0 Å². The van der Waals surface area contributed by atoms with E-state index in [0.29, 0.717) is 28.8 Å². The fraction of sp³-hybridized carbons (Fsp3) is 0.190. The number of amides is 1. The van der Waals surface area contributed by atoms with Gasteiger partial charge in [0.05, 0.1) is 23.0 Å². The first-order valence-electron chi connectivity index (χ1n) is 9.36. The zero-order chi connectivity index (χ0) is 20.2. The fourth-order valence-electron chi connectivity index (χ4n) is 2.92. The van der Waals surface area contributed by atoms with Crippen LogP contribution in [-0.2, 0) is 6.42 Å². The van der Waals surface area contributed by atoms with Crippen molar-refractivity contribution in [3.63, 3.8) is 0 Å². The highest BCUT2D eigenvalue weighted by molar-refractivity contribution is 6.04. The molecule has 8 heteroatoms. The van der Waals surface area contributed by atoms with Crippen molar-refractivity contribution in [2.45, 2.75) is 26.7 Å². The Bertz CT molecular complexity index is 1120. The molecule has 0 saturated heterocycles. The van der Waals surface area contributed by atoms with Gasteiger partial charge in [0.15, 0.2) is 11.6 Å². The minimum absolute atomic E-state index is 0.217. The van der Waals surface area contributed by atoms with Gasteiger partial charge in [-0.2, -0.15) is 10.1 Å². The molecular formula is C21H20N6O2. The Kier molecular flexibility index (Phi) is 5.15. The Labute approximate surface area is 167 Å². The number of hydrogen-bond acceptors (Lipinski definition) is 6. The van der Waals surface area contributed by atoms with Gasteiger partial charge in [-0.1, -0.05) is 30.3 Å². The zero-order valence-corrected chi connectivity index (χ0v) is 16.2. The summed E-state index contributed by atoms with van der Waals surface area (Å²) in [5.74, 6) is 1.50. The second kappa shape index (κ2) is 8.05. The molecule has 4 aromatic rings. The number of aryl methyl sites for hydroxylation is 1. The number of aromatic nitrogens is 5. The van der Waals surface area contributed by atoms with Crippen LogP contribution in [0.5, 0.6) is 0 Å². The average molecular weight is 388 g/mol. The molecule has 0 fully saturated rings. The van der Waals surface area contributed by atoms with Gasteiger partial charge in [-0.25, -0.2) is 9.67 Å². The second-order valence-electron chi connectivity index (χ2n) is 6.55. The maximum Gasteiger partial charge on any atom is 0.259 e. The smallest absolute Gasteiger partial charge is 0.259 e. The molecule has 1 amide bonds. The van der Waals surface area contributed by atoms with Crippen molar-refractivity contribution in [2.75, 3.05) is 5.32 Å². The topological polar surface area (TPSA) is 98.7 Å². The molecule has 0 aliphatic rings. The lowest BCUT2D eigenvalue weighted by Crippen LogP contribution is -2.13. The predicted molar refractivity (Wildman–Crippen MR) is 108 cm³/mol. The van der Waals surface area contributed by atoms with Crippen molar-refractivity contribution >= 4 is 11.6 Å². The van der Waals surface area contributed by atoms with Gasteiger partial charge in [0.1, 0.15) is 0 Å². The monoisotopic (exact) mass is 388 g/mol. The molecule has 0 spiro atoms. The first kappa shape index (κ1) is 18.5. The number of carbonyl (C=O) groups excluding carboxylic acids is 1. The Morgan fingerprint density at radius 2 is 1.97 bits per heavy atom. The second-order valence-corrected chi connectivity index (χ2v) is 6.55. The highest BCUT2D eigenvalue weighted by atomic mass is 16.5. The summed E-state index contributed by atoms with van der Waals surface area (Å²) in [6, 6.07) is 12.9. The van der Waals surface area contributed by atoms with E-state index in [-0.39, 0.29) is 5.91 Å². The first-order chi connectivity index (χ1) is 14.2. The minimum Gasteiger partial charge on any atom is -0.334 e. The van der Waals surface area contributed by atoms with Gasteiger partial charge in [0, 0.05) is 18.3 Å². The molecule has 3 aromatic heterocycles. The molecule has 1 N–H and O–H groups in total. The lowest BCUT2D eigenvalue weighted by molar-refractivity contribution is 0.102. The van der Waals surface area contributed by atoms with Crippen molar-refractivity contribution in [2.24, 2.45) is 0 Å². The molecule has 0 bridgehead atoms. The van der Waals surface area contributed by atoms with E-state index in [1.54, 1.807) is 16.9 Å². The van der Waals surface area contributed by atoms with Gasteiger partial charge in [0.2, 0.25) is 0 Å². The zero-order valence-electron chi connectivity index (χ0n) is 16.2. The number of hydrogen-bond donors (Lipinski definition) is 1. The normalized spacial score (nSPS) is 10.8. The summed E-state index contributed by atoms with van der Waals surface area (Å²) in [7, 11) is 0. The summed E-state index contributed by atoms with van der Waals surface area (Å²) >= 11 is 0. The van der Waals surface area contributed by atoms with Gasteiger partial charge < -0.3 is 9.84 Å². The summed E-state index contributed by atoms with van der Waals surface area (Å²) in [5.41, 5.74) is 2.65. The summed E-state index contributed by atoms with van der Waals surface area (Å²) in [6.45, 7) is 3.89.